The van der Waals surface area contributed by atoms with Gasteiger partial charge < -0.3 is 10.1 Å². The molecular weight excluding hydrogens is 286 g/mol. The van der Waals surface area contributed by atoms with Crippen LogP contribution in [-0.4, -0.2) is 15.8 Å². The van der Waals surface area contributed by atoms with Crippen LogP contribution in [0.1, 0.15) is 29.7 Å². The van der Waals surface area contributed by atoms with Gasteiger partial charge >= 0.3 is 0 Å². The van der Waals surface area contributed by atoms with Gasteiger partial charge in [-0.3, -0.25) is 0 Å². The lowest BCUT2D eigenvalue weighted by Crippen LogP contribution is -2.16. The van der Waals surface area contributed by atoms with Crippen LogP contribution in [0.15, 0.2) is 18.2 Å². The standard InChI is InChI=1S/C16H20ClN3O/c1-10-8-12(17)4-7-15(10)21-16-14(9-18-13-5-6-13)11(2)19-20(16)3/h4,7-8,13,18H,5-6,9H2,1-3H3. The van der Waals surface area contributed by atoms with Crippen LogP contribution in [0.3, 0.4) is 0 Å². The molecule has 0 radical (unpaired) electrons. The number of hydrogen-bond acceptors (Lipinski definition) is 3. The Morgan fingerprint density at radius 2 is 2.14 bits per heavy atom. The first-order valence-corrected chi connectivity index (χ1v) is 7.62. The summed E-state index contributed by atoms with van der Waals surface area (Å²) in [7, 11) is 1.91. The Morgan fingerprint density at radius 3 is 2.81 bits per heavy atom. The molecule has 1 saturated carbocycles. The van der Waals surface area contributed by atoms with Gasteiger partial charge in [0.15, 0.2) is 0 Å². The average Bonchev–Trinajstić information content (AvgIpc) is 3.19. The van der Waals surface area contributed by atoms with Crippen molar-refractivity contribution in [2.24, 2.45) is 7.05 Å². The summed E-state index contributed by atoms with van der Waals surface area (Å²) in [6, 6.07) is 6.31. The van der Waals surface area contributed by atoms with Crippen LogP contribution < -0.4 is 10.1 Å². The topological polar surface area (TPSA) is 39.1 Å². The molecule has 1 aliphatic rings. The second-order valence-corrected chi connectivity index (χ2v) is 6.10. The van der Waals surface area contributed by atoms with Crippen LogP contribution in [0.2, 0.25) is 5.02 Å². The van der Waals surface area contributed by atoms with Gasteiger partial charge in [-0.05, 0) is 50.5 Å². The lowest BCUT2D eigenvalue weighted by atomic mass is 10.2. The quantitative estimate of drug-likeness (QED) is 0.914. The molecule has 1 heterocycles. The second-order valence-electron chi connectivity index (χ2n) is 5.66. The molecule has 21 heavy (non-hydrogen) atoms. The normalized spacial score (nSPS) is 14.5. The Hall–Kier alpha value is -1.52. The molecule has 0 bridgehead atoms. The number of nitrogens with zero attached hydrogens (tertiary/aromatic N) is 2. The Balaban J connectivity index is 1.86. The first kappa shape index (κ1) is 14.4. The van der Waals surface area contributed by atoms with Gasteiger partial charge in [-0.2, -0.15) is 5.10 Å². The number of aromatic nitrogens is 2. The first-order valence-electron chi connectivity index (χ1n) is 7.24. The summed E-state index contributed by atoms with van der Waals surface area (Å²) in [6.45, 7) is 4.81. The van der Waals surface area contributed by atoms with Crippen LogP contribution in [-0.2, 0) is 13.6 Å². The fourth-order valence-electron chi connectivity index (χ4n) is 2.38. The van der Waals surface area contributed by atoms with E-state index in [-0.39, 0.29) is 0 Å². The lowest BCUT2D eigenvalue weighted by Gasteiger charge is -2.11. The van der Waals surface area contributed by atoms with Crippen LogP contribution in [0.25, 0.3) is 0 Å². The zero-order chi connectivity index (χ0) is 15.0. The molecule has 5 heteroatoms. The van der Waals surface area contributed by atoms with E-state index in [1.54, 1.807) is 4.68 Å². The second kappa shape index (κ2) is 5.70. The van der Waals surface area contributed by atoms with Gasteiger partial charge in [-0.1, -0.05) is 11.6 Å². The van der Waals surface area contributed by atoms with Crippen molar-refractivity contribution in [1.29, 1.82) is 0 Å². The maximum absolute atomic E-state index is 6.10. The molecule has 0 saturated heterocycles. The maximum atomic E-state index is 6.10. The van der Waals surface area contributed by atoms with Gasteiger partial charge in [0.1, 0.15) is 5.75 Å². The van der Waals surface area contributed by atoms with Gasteiger partial charge in [0.2, 0.25) is 5.88 Å². The molecule has 0 atom stereocenters. The average molecular weight is 306 g/mol. The van der Waals surface area contributed by atoms with E-state index in [1.165, 1.54) is 12.8 Å². The van der Waals surface area contributed by atoms with E-state index in [9.17, 15) is 0 Å². The molecule has 0 amide bonds. The highest BCUT2D eigenvalue weighted by Crippen LogP contribution is 2.31. The predicted molar refractivity (Wildman–Crippen MR) is 84.1 cm³/mol. The van der Waals surface area contributed by atoms with Crippen molar-refractivity contribution in [1.82, 2.24) is 15.1 Å². The molecule has 1 aromatic heterocycles. The van der Waals surface area contributed by atoms with Gasteiger partial charge in [0.05, 0.1) is 11.3 Å². The van der Waals surface area contributed by atoms with Crippen molar-refractivity contribution in [2.75, 3.05) is 0 Å². The molecule has 0 aliphatic heterocycles. The minimum Gasteiger partial charge on any atom is -0.439 e. The minimum atomic E-state index is 0.662. The zero-order valence-corrected chi connectivity index (χ0v) is 13.4. The number of aryl methyl sites for hydroxylation is 3. The molecule has 3 rings (SSSR count). The van der Waals surface area contributed by atoms with Crippen molar-refractivity contribution in [3.8, 4) is 11.6 Å². The molecule has 2 aromatic rings. The number of rotatable bonds is 5. The van der Waals surface area contributed by atoms with E-state index < -0.39 is 0 Å². The summed E-state index contributed by atoms with van der Waals surface area (Å²) >= 11 is 5.99. The van der Waals surface area contributed by atoms with Gasteiger partial charge in [0, 0.05) is 24.7 Å². The number of hydrogen-bond donors (Lipinski definition) is 1. The highest BCUT2D eigenvalue weighted by molar-refractivity contribution is 6.30. The Morgan fingerprint density at radius 1 is 1.38 bits per heavy atom. The molecule has 112 valence electrons. The Kier molecular flexibility index (Phi) is 3.91. The smallest absolute Gasteiger partial charge is 0.222 e. The third kappa shape index (κ3) is 3.22. The number of benzene rings is 1. The third-order valence-electron chi connectivity index (χ3n) is 3.78. The monoisotopic (exact) mass is 305 g/mol. The maximum Gasteiger partial charge on any atom is 0.222 e. The molecule has 0 spiro atoms. The van der Waals surface area contributed by atoms with Crippen LogP contribution in [0.5, 0.6) is 11.6 Å². The largest absolute Gasteiger partial charge is 0.439 e. The Bertz CT molecular complexity index is 662. The van der Waals surface area contributed by atoms with E-state index in [4.69, 9.17) is 16.3 Å². The number of nitrogens with one attached hydrogen (secondary N) is 1. The van der Waals surface area contributed by atoms with E-state index in [0.29, 0.717) is 6.04 Å². The summed E-state index contributed by atoms with van der Waals surface area (Å²) in [4.78, 5) is 0. The van der Waals surface area contributed by atoms with Gasteiger partial charge in [-0.25, -0.2) is 4.68 Å². The third-order valence-corrected chi connectivity index (χ3v) is 4.01. The van der Waals surface area contributed by atoms with Crippen molar-refractivity contribution in [2.45, 2.75) is 39.3 Å². The van der Waals surface area contributed by atoms with E-state index in [2.05, 4.69) is 10.4 Å². The first-order chi connectivity index (χ1) is 10.0. The lowest BCUT2D eigenvalue weighted by molar-refractivity contribution is 0.421. The van der Waals surface area contributed by atoms with Crippen molar-refractivity contribution in [3.05, 3.63) is 40.0 Å². The highest BCUT2D eigenvalue weighted by Gasteiger charge is 2.23. The SMILES string of the molecule is Cc1cc(Cl)ccc1Oc1c(CNC2CC2)c(C)nn1C. The molecule has 0 unspecified atom stereocenters. The summed E-state index contributed by atoms with van der Waals surface area (Å²) in [6.07, 6.45) is 2.54. The number of halogens is 1. The molecule has 1 aromatic carbocycles. The summed E-state index contributed by atoms with van der Waals surface area (Å²) in [5.74, 6) is 1.61. The molecule has 1 aliphatic carbocycles. The van der Waals surface area contributed by atoms with Crippen LogP contribution >= 0.6 is 11.6 Å². The van der Waals surface area contributed by atoms with Crippen LogP contribution in [0, 0.1) is 13.8 Å². The van der Waals surface area contributed by atoms with Gasteiger partial charge in [0.25, 0.3) is 0 Å². The molecule has 1 fully saturated rings. The number of ether oxygens (including phenoxy) is 1. The van der Waals surface area contributed by atoms with E-state index in [0.717, 1.165) is 40.0 Å². The van der Waals surface area contributed by atoms with E-state index in [1.807, 2.05) is 39.1 Å². The summed E-state index contributed by atoms with van der Waals surface area (Å²) < 4.78 is 7.90. The highest BCUT2D eigenvalue weighted by atomic mass is 35.5. The Labute approximate surface area is 130 Å². The van der Waals surface area contributed by atoms with Crippen molar-refractivity contribution < 1.29 is 4.74 Å². The minimum absolute atomic E-state index is 0.662. The fourth-order valence-corrected chi connectivity index (χ4v) is 2.60. The zero-order valence-electron chi connectivity index (χ0n) is 12.6. The van der Waals surface area contributed by atoms with Crippen molar-refractivity contribution >= 4 is 11.6 Å². The fraction of sp³-hybridized carbons (Fsp3) is 0.438. The summed E-state index contributed by atoms with van der Waals surface area (Å²) in [5, 5.41) is 8.72. The van der Waals surface area contributed by atoms with Crippen molar-refractivity contribution in [3.63, 3.8) is 0 Å². The predicted octanol–water partition coefficient (Wildman–Crippen LogP) is 3.73. The molecular formula is C16H20ClN3O. The van der Waals surface area contributed by atoms with Gasteiger partial charge in [-0.15, -0.1) is 0 Å². The molecule has 4 nitrogen and oxygen atoms in total. The summed E-state index contributed by atoms with van der Waals surface area (Å²) in [5.41, 5.74) is 3.15. The van der Waals surface area contributed by atoms with Crippen LogP contribution in [0.4, 0.5) is 0 Å². The van der Waals surface area contributed by atoms with E-state index >= 15 is 0 Å². The molecule has 1 N–H and O–H groups in total.